The lowest BCUT2D eigenvalue weighted by Crippen LogP contribution is -2.32. The Labute approximate surface area is 198 Å². The van der Waals surface area contributed by atoms with Crippen LogP contribution < -0.4 is 4.90 Å². The van der Waals surface area contributed by atoms with E-state index in [1.165, 1.54) is 22.0 Å². The van der Waals surface area contributed by atoms with Crippen LogP contribution in [0.1, 0.15) is 37.7 Å². The van der Waals surface area contributed by atoms with Gasteiger partial charge in [0.15, 0.2) is 0 Å². The van der Waals surface area contributed by atoms with Crippen LogP contribution in [0, 0.1) is 10.1 Å². The number of nitrogens with one attached hydrogen (secondary N) is 1. The Kier molecular flexibility index (Phi) is 6.09. The summed E-state index contributed by atoms with van der Waals surface area (Å²) in [5.41, 5.74) is 3.35. The number of nitrogens with zero attached hydrogens (tertiary/aromatic N) is 4. The van der Waals surface area contributed by atoms with Crippen LogP contribution in [0.3, 0.4) is 0 Å². The van der Waals surface area contributed by atoms with Crippen molar-refractivity contribution in [3.8, 4) is 0 Å². The van der Waals surface area contributed by atoms with E-state index in [0.29, 0.717) is 38.3 Å². The molecule has 178 valence electrons. The van der Waals surface area contributed by atoms with E-state index in [9.17, 15) is 18.5 Å². The van der Waals surface area contributed by atoms with E-state index in [1.807, 2.05) is 23.2 Å². The lowest BCUT2D eigenvalue weighted by Gasteiger charge is -2.28. The summed E-state index contributed by atoms with van der Waals surface area (Å²) in [6.45, 7) is 2.01. The van der Waals surface area contributed by atoms with Gasteiger partial charge >= 0.3 is 0 Å². The Morgan fingerprint density at radius 2 is 1.85 bits per heavy atom. The highest BCUT2D eigenvalue weighted by molar-refractivity contribution is 7.89. The number of hydrogen-bond acceptors (Lipinski definition) is 6. The monoisotopic (exact) mass is 481 g/mol. The summed E-state index contributed by atoms with van der Waals surface area (Å²) < 4.78 is 27.8. The van der Waals surface area contributed by atoms with Crippen LogP contribution >= 0.6 is 0 Å². The van der Waals surface area contributed by atoms with Crippen molar-refractivity contribution >= 4 is 38.0 Å². The molecule has 1 fully saturated rings. The molecule has 2 aliphatic rings. The maximum atomic E-state index is 13.2. The van der Waals surface area contributed by atoms with E-state index in [0.717, 1.165) is 42.3 Å². The van der Waals surface area contributed by atoms with E-state index in [-0.39, 0.29) is 10.6 Å². The average molecular weight is 482 g/mol. The predicted octanol–water partition coefficient (Wildman–Crippen LogP) is 4.33. The van der Waals surface area contributed by atoms with Gasteiger partial charge in [-0.05, 0) is 49.1 Å². The van der Waals surface area contributed by atoms with Crippen LogP contribution in [0.15, 0.2) is 53.7 Å². The number of rotatable bonds is 5. The third kappa shape index (κ3) is 4.19. The number of nitro groups is 1. The van der Waals surface area contributed by atoms with Crippen LogP contribution in [-0.2, 0) is 10.0 Å². The Balaban J connectivity index is 1.41. The molecule has 10 heteroatoms. The molecule has 0 saturated carbocycles. The Morgan fingerprint density at radius 3 is 2.56 bits per heavy atom. The summed E-state index contributed by atoms with van der Waals surface area (Å²) in [5.74, 6) is 0. The molecule has 0 amide bonds. The van der Waals surface area contributed by atoms with E-state index >= 15 is 0 Å². The van der Waals surface area contributed by atoms with Crippen molar-refractivity contribution in [1.29, 1.82) is 0 Å². The summed E-state index contributed by atoms with van der Waals surface area (Å²) in [4.78, 5) is 20.9. The van der Waals surface area contributed by atoms with Crippen molar-refractivity contribution in [2.24, 2.45) is 0 Å². The topological polar surface area (TPSA) is 112 Å². The van der Waals surface area contributed by atoms with Crippen molar-refractivity contribution in [3.05, 3.63) is 64.5 Å². The number of H-pyrrole nitrogens is 1. The number of aromatic nitrogens is 2. The van der Waals surface area contributed by atoms with Gasteiger partial charge in [0.25, 0.3) is 5.69 Å². The number of aromatic amines is 1. The standard InChI is InChI=1S/C24H27N5O4S/c30-29(31)23-16-19(34(32,33)28-12-3-1-2-4-13-28)7-8-22(23)27-14-9-18(10-15-27)21-17-26-24-20(21)6-5-11-25-24/h5-9,11,16-17H,1-4,10,12-15H2,(H,25,26). The number of nitro benzene ring substituents is 1. The van der Waals surface area contributed by atoms with Gasteiger partial charge in [-0.2, -0.15) is 4.31 Å². The highest BCUT2D eigenvalue weighted by Gasteiger charge is 2.29. The lowest BCUT2D eigenvalue weighted by atomic mass is 9.99. The van der Waals surface area contributed by atoms with Crippen molar-refractivity contribution < 1.29 is 13.3 Å². The molecule has 9 nitrogen and oxygen atoms in total. The molecule has 1 aromatic carbocycles. The smallest absolute Gasteiger partial charge is 0.293 e. The molecule has 0 radical (unpaired) electrons. The average Bonchev–Trinajstić information content (AvgIpc) is 3.08. The molecule has 1 N–H and O–H groups in total. The number of hydrogen-bond donors (Lipinski definition) is 1. The molecule has 34 heavy (non-hydrogen) atoms. The van der Waals surface area contributed by atoms with Crippen LogP contribution in [-0.4, -0.2) is 53.8 Å². The molecule has 1 saturated heterocycles. The van der Waals surface area contributed by atoms with Gasteiger partial charge in [0.1, 0.15) is 11.3 Å². The molecule has 0 spiro atoms. The molecule has 0 aliphatic carbocycles. The summed E-state index contributed by atoms with van der Waals surface area (Å²) >= 11 is 0. The quantitative estimate of drug-likeness (QED) is 0.429. The molecule has 3 aromatic rings. The molecule has 4 heterocycles. The van der Waals surface area contributed by atoms with Gasteiger partial charge in [0.2, 0.25) is 10.0 Å². The minimum absolute atomic E-state index is 0.00983. The first-order valence-corrected chi connectivity index (χ1v) is 13.0. The Bertz CT molecular complexity index is 1360. The maximum absolute atomic E-state index is 13.2. The molecule has 0 unspecified atom stereocenters. The third-order valence-corrected chi connectivity index (χ3v) is 8.59. The first-order chi connectivity index (χ1) is 16.4. The fraction of sp³-hybridized carbons (Fsp3) is 0.375. The van der Waals surface area contributed by atoms with Gasteiger partial charge in [0.05, 0.1) is 9.82 Å². The van der Waals surface area contributed by atoms with Gasteiger partial charge in [-0.25, -0.2) is 13.4 Å². The second-order valence-electron chi connectivity index (χ2n) is 8.75. The first-order valence-electron chi connectivity index (χ1n) is 11.6. The van der Waals surface area contributed by atoms with Gasteiger partial charge < -0.3 is 9.88 Å². The van der Waals surface area contributed by atoms with Gasteiger partial charge in [-0.15, -0.1) is 0 Å². The van der Waals surface area contributed by atoms with E-state index in [1.54, 1.807) is 12.3 Å². The fourth-order valence-electron chi connectivity index (χ4n) is 4.86. The molecule has 2 aromatic heterocycles. The second kappa shape index (κ2) is 9.19. The van der Waals surface area contributed by atoms with E-state index < -0.39 is 14.9 Å². The summed E-state index contributed by atoms with van der Waals surface area (Å²) in [6, 6.07) is 8.24. The zero-order chi connectivity index (χ0) is 23.7. The SMILES string of the molecule is O=[N+]([O-])c1cc(S(=O)(=O)N2CCCCCC2)ccc1N1CC=C(c2c[nH]c3ncccc23)CC1. The number of fused-ring (bicyclic) bond motifs is 1. The van der Waals surface area contributed by atoms with E-state index in [4.69, 9.17) is 0 Å². The molecule has 5 rings (SSSR count). The summed E-state index contributed by atoms with van der Waals surface area (Å²) in [7, 11) is -3.76. The fourth-order valence-corrected chi connectivity index (χ4v) is 6.40. The molecule has 0 atom stereocenters. The first kappa shape index (κ1) is 22.5. The number of pyridine rings is 1. The Morgan fingerprint density at radius 1 is 1.06 bits per heavy atom. The van der Waals surface area contributed by atoms with E-state index in [2.05, 4.69) is 16.0 Å². The largest absolute Gasteiger partial charge is 0.362 e. The van der Waals surface area contributed by atoms with Crippen molar-refractivity contribution in [3.63, 3.8) is 0 Å². The molecule has 2 aliphatic heterocycles. The Hall–Kier alpha value is -3.24. The van der Waals surface area contributed by atoms with Crippen LogP contribution in [0.25, 0.3) is 16.6 Å². The lowest BCUT2D eigenvalue weighted by molar-refractivity contribution is -0.384. The van der Waals surface area contributed by atoms with Crippen molar-refractivity contribution in [1.82, 2.24) is 14.3 Å². The number of sulfonamides is 1. The molecular weight excluding hydrogens is 454 g/mol. The van der Waals surface area contributed by atoms with Crippen LogP contribution in [0.5, 0.6) is 0 Å². The van der Waals surface area contributed by atoms with Crippen LogP contribution in [0.2, 0.25) is 0 Å². The third-order valence-electron chi connectivity index (χ3n) is 6.69. The maximum Gasteiger partial charge on any atom is 0.293 e. The molecule has 0 bridgehead atoms. The zero-order valence-corrected chi connectivity index (χ0v) is 19.6. The second-order valence-corrected chi connectivity index (χ2v) is 10.7. The van der Waals surface area contributed by atoms with Crippen molar-refractivity contribution in [2.75, 3.05) is 31.1 Å². The van der Waals surface area contributed by atoms with Gasteiger partial charge in [0, 0.05) is 55.6 Å². The highest BCUT2D eigenvalue weighted by Crippen LogP contribution is 2.35. The number of anilines is 1. The summed E-state index contributed by atoms with van der Waals surface area (Å²) in [5, 5.41) is 13.0. The highest BCUT2D eigenvalue weighted by atomic mass is 32.2. The van der Waals surface area contributed by atoms with Gasteiger partial charge in [-0.1, -0.05) is 18.9 Å². The number of benzene rings is 1. The van der Waals surface area contributed by atoms with Crippen molar-refractivity contribution in [2.45, 2.75) is 37.0 Å². The minimum Gasteiger partial charge on any atom is -0.362 e. The predicted molar refractivity (Wildman–Crippen MR) is 131 cm³/mol. The summed E-state index contributed by atoms with van der Waals surface area (Å²) in [6.07, 6.45) is 10.1. The molecular formula is C24H27N5O4S. The zero-order valence-electron chi connectivity index (χ0n) is 18.8. The van der Waals surface area contributed by atoms with Gasteiger partial charge in [-0.3, -0.25) is 10.1 Å². The normalized spacial score (nSPS) is 18.0. The van der Waals surface area contributed by atoms with Crippen LogP contribution in [0.4, 0.5) is 11.4 Å². The minimum atomic E-state index is -3.76.